The summed E-state index contributed by atoms with van der Waals surface area (Å²) in [6.07, 6.45) is 0.646. The molecule has 1 fully saturated rings. The molecule has 3 aromatic carbocycles. The summed E-state index contributed by atoms with van der Waals surface area (Å²) >= 11 is 0. The summed E-state index contributed by atoms with van der Waals surface area (Å²) in [7, 11) is 0. The summed E-state index contributed by atoms with van der Waals surface area (Å²) in [5.41, 5.74) is 1.45. The molecule has 0 aliphatic carbocycles. The quantitative estimate of drug-likeness (QED) is 0.217. The fourth-order valence-corrected chi connectivity index (χ4v) is 5.52. The van der Waals surface area contributed by atoms with Crippen LogP contribution in [0.15, 0.2) is 66.7 Å². The van der Waals surface area contributed by atoms with E-state index < -0.39 is 23.4 Å². The van der Waals surface area contributed by atoms with Gasteiger partial charge in [-0.25, -0.2) is 27.9 Å². The van der Waals surface area contributed by atoms with Gasteiger partial charge in [0.15, 0.2) is 0 Å². The van der Waals surface area contributed by atoms with Gasteiger partial charge in [-0.1, -0.05) is 12.1 Å². The number of aromatic carboxylic acids is 1. The average molecular weight is 626 g/mol. The predicted octanol–water partition coefficient (Wildman–Crippen LogP) is 5.88. The number of carbonyl (C=O) groups is 2. The Morgan fingerprint density at radius 3 is 2.50 bits per heavy atom. The molecular formula is C34H26F3N5O4. The largest absolute Gasteiger partial charge is 0.478 e. The molecule has 0 spiro atoms. The van der Waals surface area contributed by atoms with E-state index in [-0.39, 0.29) is 64.4 Å². The first-order valence-corrected chi connectivity index (χ1v) is 14.4. The lowest BCUT2D eigenvalue weighted by Gasteiger charge is -2.41. The Labute approximate surface area is 261 Å². The number of nitrogens with zero attached hydrogens (tertiary/aromatic N) is 5. The molecule has 1 amide bonds. The number of likely N-dealkylation sites (tertiary alicyclic amines) is 1. The lowest BCUT2D eigenvalue weighted by atomic mass is 10.0. The first-order chi connectivity index (χ1) is 22.1. The van der Waals surface area contributed by atoms with Gasteiger partial charge < -0.3 is 19.3 Å². The van der Waals surface area contributed by atoms with E-state index in [0.717, 1.165) is 24.6 Å². The van der Waals surface area contributed by atoms with Crippen molar-refractivity contribution in [3.63, 3.8) is 0 Å². The Balaban J connectivity index is 1.27. The standard InChI is InChI=1S/C34H26F3N5O4/c1-19(43)41-10-9-24(41)17-42-31-13-21(34(44)45)7-8-30(31)39-32(42)14-23-12-28(37)25(15-27(23)36)29-3-2-4-33(40-29)46-18-22-6-5-20(16-38)11-26(22)35/h2-8,11-13,15,24H,9-10,14,17-18H2,1H3,(H,44,45). The zero-order chi connectivity index (χ0) is 32.5. The van der Waals surface area contributed by atoms with E-state index in [1.54, 1.807) is 21.6 Å². The molecule has 5 aromatic rings. The topological polar surface area (TPSA) is 121 Å². The van der Waals surface area contributed by atoms with Gasteiger partial charge in [0.05, 0.1) is 40.0 Å². The molecule has 0 radical (unpaired) electrons. The van der Waals surface area contributed by atoms with Gasteiger partial charge in [-0.2, -0.15) is 5.26 Å². The summed E-state index contributed by atoms with van der Waals surface area (Å²) in [6.45, 7) is 2.22. The Morgan fingerprint density at radius 2 is 1.80 bits per heavy atom. The number of carbonyl (C=O) groups excluding carboxylic acids is 1. The predicted molar refractivity (Wildman–Crippen MR) is 160 cm³/mol. The van der Waals surface area contributed by atoms with Crippen molar-refractivity contribution in [2.45, 2.75) is 39.0 Å². The number of hydrogen-bond donors (Lipinski definition) is 1. The van der Waals surface area contributed by atoms with Crippen LogP contribution >= 0.6 is 0 Å². The smallest absolute Gasteiger partial charge is 0.335 e. The van der Waals surface area contributed by atoms with Gasteiger partial charge in [-0.05, 0) is 60.5 Å². The molecule has 232 valence electrons. The van der Waals surface area contributed by atoms with E-state index >= 15 is 8.78 Å². The van der Waals surface area contributed by atoms with Gasteiger partial charge in [0.2, 0.25) is 11.8 Å². The second-order valence-electron chi connectivity index (χ2n) is 11.0. The SMILES string of the molecule is CC(=O)N1CCC1Cn1c(Cc2cc(F)c(-c3cccc(OCc4ccc(C#N)cc4F)n3)cc2F)nc2ccc(C(=O)O)cc21. The van der Waals surface area contributed by atoms with Crippen molar-refractivity contribution in [3.8, 4) is 23.2 Å². The fourth-order valence-electron chi connectivity index (χ4n) is 5.52. The number of pyridine rings is 1. The highest BCUT2D eigenvalue weighted by Gasteiger charge is 2.31. The maximum absolute atomic E-state index is 15.6. The van der Waals surface area contributed by atoms with Crippen LogP contribution in [0, 0.1) is 28.8 Å². The molecule has 1 unspecified atom stereocenters. The molecule has 0 saturated carbocycles. The lowest BCUT2D eigenvalue weighted by Crippen LogP contribution is -2.52. The summed E-state index contributed by atoms with van der Waals surface area (Å²) < 4.78 is 52.7. The second-order valence-corrected chi connectivity index (χ2v) is 11.0. The number of amides is 1. The maximum atomic E-state index is 15.6. The molecule has 12 heteroatoms. The second kappa shape index (κ2) is 12.4. The summed E-state index contributed by atoms with van der Waals surface area (Å²) in [5, 5.41) is 18.5. The van der Waals surface area contributed by atoms with Crippen molar-refractivity contribution in [1.29, 1.82) is 5.26 Å². The number of aromatic nitrogens is 3. The molecule has 1 atom stereocenters. The highest BCUT2D eigenvalue weighted by molar-refractivity contribution is 5.92. The van der Waals surface area contributed by atoms with E-state index in [0.29, 0.717) is 29.9 Å². The van der Waals surface area contributed by atoms with Gasteiger partial charge in [-0.15, -0.1) is 0 Å². The van der Waals surface area contributed by atoms with Crippen LogP contribution < -0.4 is 4.74 Å². The number of nitriles is 1. The fraction of sp³-hybridized carbons (Fsp3) is 0.206. The number of carboxylic acids is 1. The van der Waals surface area contributed by atoms with Crippen LogP contribution in [0.2, 0.25) is 0 Å². The third-order valence-corrected chi connectivity index (χ3v) is 8.06. The van der Waals surface area contributed by atoms with Gasteiger partial charge in [-0.3, -0.25) is 4.79 Å². The summed E-state index contributed by atoms with van der Waals surface area (Å²) in [6, 6.07) is 16.8. The number of hydrogen-bond acceptors (Lipinski definition) is 6. The zero-order valence-electron chi connectivity index (χ0n) is 24.5. The monoisotopic (exact) mass is 625 g/mol. The number of halogens is 3. The molecule has 3 heterocycles. The van der Waals surface area contributed by atoms with E-state index in [1.807, 2.05) is 6.07 Å². The number of carboxylic acid groups (broad SMARTS) is 1. The maximum Gasteiger partial charge on any atom is 0.335 e. The average Bonchev–Trinajstić information content (AvgIpc) is 3.35. The molecule has 6 rings (SSSR count). The normalized spacial score (nSPS) is 14.2. The van der Waals surface area contributed by atoms with E-state index in [9.17, 15) is 19.1 Å². The third kappa shape index (κ3) is 5.99. The minimum Gasteiger partial charge on any atom is -0.478 e. The number of fused-ring (bicyclic) bond motifs is 1. The molecule has 1 aliphatic rings. The Morgan fingerprint density at radius 1 is 1.00 bits per heavy atom. The number of rotatable bonds is 9. The van der Waals surface area contributed by atoms with Gasteiger partial charge in [0, 0.05) is 43.6 Å². The molecule has 0 bridgehead atoms. The van der Waals surface area contributed by atoms with Crippen molar-refractivity contribution in [3.05, 3.63) is 112 Å². The summed E-state index contributed by atoms with van der Waals surface area (Å²) in [5.74, 6) is -2.80. The van der Waals surface area contributed by atoms with Crippen LogP contribution in [0.4, 0.5) is 13.2 Å². The van der Waals surface area contributed by atoms with Gasteiger partial charge in [0.1, 0.15) is 29.9 Å². The molecule has 1 aliphatic heterocycles. The van der Waals surface area contributed by atoms with Crippen LogP contribution in [-0.2, 0) is 24.4 Å². The van der Waals surface area contributed by atoms with E-state index in [4.69, 9.17) is 10.00 Å². The van der Waals surface area contributed by atoms with Crippen molar-refractivity contribution in [2.75, 3.05) is 6.54 Å². The van der Waals surface area contributed by atoms with Crippen LogP contribution in [0.25, 0.3) is 22.3 Å². The Hall–Kier alpha value is -5.70. The molecule has 46 heavy (non-hydrogen) atoms. The first-order valence-electron chi connectivity index (χ1n) is 14.4. The van der Waals surface area contributed by atoms with Crippen molar-refractivity contribution in [1.82, 2.24) is 19.4 Å². The summed E-state index contributed by atoms with van der Waals surface area (Å²) in [4.78, 5) is 34.3. The van der Waals surface area contributed by atoms with Crippen LogP contribution in [0.3, 0.4) is 0 Å². The highest BCUT2D eigenvalue weighted by atomic mass is 19.1. The number of imidazole rings is 1. The van der Waals surface area contributed by atoms with Crippen molar-refractivity contribution < 1.29 is 32.6 Å². The minimum absolute atomic E-state index is 0.0250. The number of ether oxygens (including phenoxy) is 1. The molecule has 2 aromatic heterocycles. The molecule has 1 N–H and O–H groups in total. The Kier molecular flexibility index (Phi) is 8.15. The van der Waals surface area contributed by atoms with E-state index in [1.165, 1.54) is 43.3 Å². The van der Waals surface area contributed by atoms with Gasteiger partial charge in [0.25, 0.3) is 0 Å². The first kappa shape index (κ1) is 30.3. The van der Waals surface area contributed by atoms with Crippen LogP contribution in [0.1, 0.15) is 46.2 Å². The number of benzene rings is 3. The Bertz CT molecular complexity index is 2060. The lowest BCUT2D eigenvalue weighted by molar-refractivity contribution is -0.136. The third-order valence-electron chi connectivity index (χ3n) is 8.06. The molecule has 9 nitrogen and oxygen atoms in total. The van der Waals surface area contributed by atoms with Crippen LogP contribution in [0.5, 0.6) is 5.88 Å². The van der Waals surface area contributed by atoms with Crippen molar-refractivity contribution in [2.24, 2.45) is 0 Å². The van der Waals surface area contributed by atoms with Crippen LogP contribution in [-0.4, -0.2) is 49.0 Å². The minimum atomic E-state index is -1.11. The molecule has 1 saturated heterocycles. The van der Waals surface area contributed by atoms with Crippen molar-refractivity contribution >= 4 is 22.9 Å². The zero-order valence-corrected chi connectivity index (χ0v) is 24.5. The van der Waals surface area contributed by atoms with Gasteiger partial charge >= 0.3 is 5.97 Å². The molecular weight excluding hydrogens is 599 g/mol. The van der Waals surface area contributed by atoms with E-state index in [2.05, 4.69) is 9.97 Å². The highest BCUT2D eigenvalue weighted by Crippen LogP contribution is 2.30.